The van der Waals surface area contributed by atoms with Crippen molar-refractivity contribution < 1.29 is 4.79 Å². The molecule has 0 atom stereocenters. The number of hydrogen-bond donors (Lipinski definition) is 1. The molecule has 0 spiro atoms. The van der Waals surface area contributed by atoms with Crippen LogP contribution in [0.5, 0.6) is 0 Å². The van der Waals surface area contributed by atoms with Gasteiger partial charge < -0.3 is 5.32 Å². The second-order valence-corrected chi connectivity index (χ2v) is 9.25. The molecule has 30 heavy (non-hydrogen) atoms. The fourth-order valence-corrected chi connectivity index (χ4v) is 5.39. The Morgan fingerprint density at radius 3 is 2.83 bits per heavy atom. The number of aryl methyl sites for hydroxylation is 1. The van der Waals surface area contributed by atoms with Crippen LogP contribution < -0.4 is 10.9 Å². The lowest BCUT2D eigenvalue weighted by Gasteiger charge is -2.29. The molecular formula is C22H24N4O2S2. The first-order valence-corrected chi connectivity index (χ1v) is 11.4. The minimum Gasteiger partial charge on any atom is -0.366 e. The third kappa shape index (κ3) is 3.81. The summed E-state index contributed by atoms with van der Waals surface area (Å²) in [6.45, 7) is 6.09. The summed E-state index contributed by atoms with van der Waals surface area (Å²) in [5.41, 5.74) is 1.61. The van der Waals surface area contributed by atoms with Crippen LogP contribution in [0.15, 0.2) is 40.7 Å². The van der Waals surface area contributed by atoms with E-state index in [9.17, 15) is 9.59 Å². The molecule has 1 saturated heterocycles. The molecule has 1 amide bonds. The van der Waals surface area contributed by atoms with Crippen LogP contribution in [0.2, 0.25) is 0 Å². The Hall–Kier alpha value is -2.45. The molecule has 4 rings (SSSR count). The molecule has 1 N–H and O–H groups in total. The van der Waals surface area contributed by atoms with E-state index in [4.69, 9.17) is 12.2 Å². The molecule has 0 radical (unpaired) electrons. The number of carbonyl (C=O) groups is 1. The van der Waals surface area contributed by atoms with Gasteiger partial charge in [-0.2, -0.15) is 0 Å². The Kier molecular flexibility index (Phi) is 6.06. The van der Waals surface area contributed by atoms with Gasteiger partial charge in [0, 0.05) is 18.8 Å². The molecule has 2 aliphatic rings. The fourth-order valence-electron chi connectivity index (χ4n) is 4.01. The molecule has 2 fully saturated rings. The number of nitrogens with zero attached hydrogens (tertiary/aromatic N) is 3. The van der Waals surface area contributed by atoms with Crippen molar-refractivity contribution in [3.05, 3.63) is 57.4 Å². The third-order valence-electron chi connectivity index (χ3n) is 5.54. The second kappa shape index (κ2) is 8.73. The number of aromatic nitrogens is 2. The molecule has 156 valence electrons. The van der Waals surface area contributed by atoms with Crippen LogP contribution in [-0.4, -0.2) is 37.1 Å². The van der Waals surface area contributed by atoms with E-state index in [2.05, 4.69) is 16.9 Å². The Labute approximate surface area is 185 Å². The van der Waals surface area contributed by atoms with Crippen LogP contribution in [0.25, 0.3) is 11.7 Å². The molecular weight excluding hydrogens is 416 g/mol. The number of carbonyl (C=O) groups excluding carboxylic acids is 1. The van der Waals surface area contributed by atoms with Crippen molar-refractivity contribution in [1.29, 1.82) is 0 Å². The van der Waals surface area contributed by atoms with E-state index in [1.807, 2.05) is 19.1 Å². The Morgan fingerprint density at radius 2 is 2.10 bits per heavy atom. The molecule has 6 nitrogen and oxygen atoms in total. The average molecular weight is 441 g/mol. The van der Waals surface area contributed by atoms with Crippen LogP contribution in [0.4, 0.5) is 5.82 Å². The van der Waals surface area contributed by atoms with Gasteiger partial charge in [0.15, 0.2) is 0 Å². The van der Waals surface area contributed by atoms with Crippen LogP contribution in [-0.2, 0) is 4.79 Å². The molecule has 0 unspecified atom stereocenters. The van der Waals surface area contributed by atoms with Crippen molar-refractivity contribution in [2.75, 3.05) is 11.9 Å². The maximum absolute atomic E-state index is 13.3. The summed E-state index contributed by atoms with van der Waals surface area (Å²) in [7, 11) is 0. The minimum absolute atomic E-state index is 0.111. The van der Waals surface area contributed by atoms with Crippen molar-refractivity contribution in [2.45, 2.75) is 45.1 Å². The lowest BCUT2D eigenvalue weighted by molar-refractivity contribution is -0.124. The maximum Gasteiger partial charge on any atom is 0.267 e. The van der Waals surface area contributed by atoms with Crippen molar-refractivity contribution in [2.24, 2.45) is 0 Å². The van der Waals surface area contributed by atoms with Gasteiger partial charge in [0.05, 0.1) is 10.5 Å². The van der Waals surface area contributed by atoms with Gasteiger partial charge in [0.25, 0.3) is 11.5 Å². The predicted octanol–water partition coefficient (Wildman–Crippen LogP) is 4.13. The van der Waals surface area contributed by atoms with E-state index in [0.29, 0.717) is 32.8 Å². The molecule has 2 aromatic rings. The monoisotopic (exact) mass is 440 g/mol. The number of anilines is 1. The van der Waals surface area contributed by atoms with E-state index in [0.717, 1.165) is 31.2 Å². The molecule has 8 heteroatoms. The maximum atomic E-state index is 13.3. The molecule has 0 aromatic carbocycles. The van der Waals surface area contributed by atoms with Crippen LogP contribution in [0, 0.1) is 6.92 Å². The van der Waals surface area contributed by atoms with Gasteiger partial charge in [-0.3, -0.25) is 18.9 Å². The molecule has 2 aromatic heterocycles. The first kappa shape index (κ1) is 20.8. The lowest BCUT2D eigenvalue weighted by Crippen LogP contribution is -2.39. The van der Waals surface area contributed by atoms with Crippen LogP contribution in [0.1, 0.15) is 43.2 Å². The van der Waals surface area contributed by atoms with Crippen LogP contribution in [0.3, 0.4) is 0 Å². The lowest BCUT2D eigenvalue weighted by atomic mass is 9.94. The summed E-state index contributed by atoms with van der Waals surface area (Å²) in [5.74, 6) is 0.331. The van der Waals surface area contributed by atoms with E-state index in [1.165, 1.54) is 22.6 Å². The van der Waals surface area contributed by atoms with Gasteiger partial charge >= 0.3 is 0 Å². The summed E-state index contributed by atoms with van der Waals surface area (Å²) < 4.78 is 2.09. The highest BCUT2D eigenvalue weighted by molar-refractivity contribution is 8.26. The largest absolute Gasteiger partial charge is 0.366 e. The molecule has 1 saturated carbocycles. The van der Waals surface area contributed by atoms with Crippen molar-refractivity contribution in [3.8, 4) is 0 Å². The zero-order valence-electron chi connectivity index (χ0n) is 16.9. The third-order valence-corrected chi connectivity index (χ3v) is 6.87. The number of amides is 1. The normalized spacial score (nSPS) is 19.1. The predicted molar refractivity (Wildman–Crippen MR) is 127 cm³/mol. The van der Waals surface area contributed by atoms with E-state index >= 15 is 0 Å². The highest BCUT2D eigenvalue weighted by Crippen LogP contribution is 2.37. The summed E-state index contributed by atoms with van der Waals surface area (Å²) in [4.78, 5) is 33.3. The van der Waals surface area contributed by atoms with Crippen molar-refractivity contribution in [3.63, 3.8) is 0 Å². The van der Waals surface area contributed by atoms with Crippen molar-refractivity contribution in [1.82, 2.24) is 14.3 Å². The summed E-state index contributed by atoms with van der Waals surface area (Å²) >= 11 is 6.79. The van der Waals surface area contributed by atoms with E-state index in [1.54, 1.807) is 23.2 Å². The number of thioether (sulfide) groups is 1. The van der Waals surface area contributed by atoms with Gasteiger partial charge in [-0.25, -0.2) is 4.98 Å². The molecule has 1 aliphatic heterocycles. The summed E-state index contributed by atoms with van der Waals surface area (Å²) in [5, 5.41) is 3.14. The fraction of sp³-hybridized carbons (Fsp3) is 0.364. The van der Waals surface area contributed by atoms with Gasteiger partial charge in [0.2, 0.25) is 0 Å². The first-order chi connectivity index (χ1) is 14.5. The van der Waals surface area contributed by atoms with E-state index in [-0.39, 0.29) is 17.5 Å². The highest BCUT2D eigenvalue weighted by Gasteiger charge is 2.37. The van der Waals surface area contributed by atoms with Crippen molar-refractivity contribution >= 4 is 51.7 Å². The van der Waals surface area contributed by atoms with Crippen LogP contribution >= 0.6 is 24.0 Å². The standard InChI is InChI=1S/C22H24N4O2S2/c1-3-11-23-18-16(20(27)25-12-7-8-14(2)19(25)24-18)13-17-21(28)26(22(29)30-17)15-9-5-4-6-10-15/h3,7-8,12-13,15,23H,1,4-6,9-11H2,2H3. The number of thiocarbonyl (C=S) groups is 1. The quantitative estimate of drug-likeness (QED) is 0.428. The summed E-state index contributed by atoms with van der Waals surface area (Å²) in [6, 6.07) is 3.89. The highest BCUT2D eigenvalue weighted by atomic mass is 32.2. The molecule has 1 aliphatic carbocycles. The average Bonchev–Trinajstić information content (AvgIpc) is 3.03. The Balaban J connectivity index is 1.78. The van der Waals surface area contributed by atoms with Gasteiger partial charge in [0.1, 0.15) is 15.8 Å². The Bertz CT molecular complexity index is 1120. The zero-order valence-corrected chi connectivity index (χ0v) is 18.5. The van der Waals surface area contributed by atoms with Gasteiger partial charge in [-0.05, 0) is 37.5 Å². The number of fused-ring (bicyclic) bond motifs is 1. The topological polar surface area (TPSA) is 66.7 Å². The van der Waals surface area contributed by atoms with Gasteiger partial charge in [-0.15, -0.1) is 6.58 Å². The second-order valence-electron chi connectivity index (χ2n) is 7.58. The zero-order chi connectivity index (χ0) is 21.3. The summed E-state index contributed by atoms with van der Waals surface area (Å²) in [6.07, 6.45) is 10.4. The molecule has 0 bridgehead atoms. The SMILES string of the molecule is C=CCNc1nc2c(C)cccn2c(=O)c1C=C1SC(=S)N(C2CCCCC2)C1=O. The number of rotatable bonds is 5. The number of pyridine rings is 1. The first-order valence-electron chi connectivity index (χ1n) is 10.1. The minimum atomic E-state index is -0.224. The smallest absolute Gasteiger partial charge is 0.267 e. The Morgan fingerprint density at radius 1 is 1.33 bits per heavy atom. The molecule has 3 heterocycles. The number of hydrogen-bond acceptors (Lipinski definition) is 6. The van der Waals surface area contributed by atoms with Gasteiger partial charge in [-0.1, -0.05) is 55.4 Å². The van der Waals surface area contributed by atoms with E-state index < -0.39 is 0 Å². The number of nitrogens with one attached hydrogen (secondary N) is 1.